The third kappa shape index (κ3) is 3.91. The van der Waals surface area contributed by atoms with E-state index in [1.165, 1.54) is 64.1 Å². The van der Waals surface area contributed by atoms with Crippen LogP contribution in [0.1, 0.15) is 25.0 Å². The summed E-state index contributed by atoms with van der Waals surface area (Å²) in [4.78, 5) is 10.7. The van der Waals surface area contributed by atoms with Crippen molar-refractivity contribution in [3.8, 4) is 50.7 Å². The fourth-order valence-electron chi connectivity index (χ4n) is 8.88. The van der Waals surface area contributed by atoms with Crippen LogP contribution in [0, 0.1) is 0 Å². The van der Waals surface area contributed by atoms with Gasteiger partial charge in [0.2, 0.25) is 0 Å². The van der Waals surface area contributed by atoms with Gasteiger partial charge in [0.25, 0.3) is 0 Å². The Hall–Kier alpha value is -5.26. The van der Waals surface area contributed by atoms with Crippen LogP contribution in [0.5, 0.6) is 0 Å². The van der Waals surface area contributed by atoms with Gasteiger partial charge in [0, 0.05) is 0 Å². The standard InChI is InChI=1S/C45H35GeN3/c1-45(2)36-21-13-11-19-31(36)33-25-26-34-32-20-12-14-22-38(32)49(43(34)39(33)45)30-23-24-35-37(27-30)46(3,4)40-41(28-15-7-5-8-16-28)47-44(48-42(35)40)29-17-9-6-10-18-29/h5-27H,1-4H3. The van der Waals surface area contributed by atoms with Crippen LogP contribution in [0.25, 0.3) is 72.5 Å². The van der Waals surface area contributed by atoms with Crippen molar-refractivity contribution < 1.29 is 0 Å². The first-order valence-electron chi connectivity index (χ1n) is 17.2. The number of para-hydroxylation sites is 1. The fourth-order valence-corrected chi connectivity index (χ4v) is 15.7. The van der Waals surface area contributed by atoms with Crippen LogP contribution in [0.4, 0.5) is 0 Å². The van der Waals surface area contributed by atoms with Gasteiger partial charge in [-0.3, -0.25) is 0 Å². The molecule has 0 amide bonds. The molecule has 0 N–H and O–H groups in total. The molecule has 3 heterocycles. The Kier molecular flexibility index (Phi) is 5.94. The van der Waals surface area contributed by atoms with Gasteiger partial charge in [0.15, 0.2) is 0 Å². The summed E-state index contributed by atoms with van der Waals surface area (Å²) in [6.07, 6.45) is 0. The van der Waals surface area contributed by atoms with Crippen LogP contribution in [0.3, 0.4) is 0 Å². The molecule has 0 saturated carbocycles. The van der Waals surface area contributed by atoms with E-state index in [0.29, 0.717) is 0 Å². The Balaban J connectivity index is 1.25. The number of benzene rings is 6. The zero-order valence-electron chi connectivity index (χ0n) is 28.1. The molecule has 10 rings (SSSR count). The maximum absolute atomic E-state index is 5.36. The molecule has 4 heteroatoms. The maximum atomic E-state index is 5.36. The summed E-state index contributed by atoms with van der Waals surface area (Å²) in [5.74, 6) is 5.83. The molecule has 0 atom stereocenters. The molecule has 0 unspecified atom stereocenters. The quantitative estimate of drug-likeness (QED) is 0.173. The van der Waals surface area contributed by atoms with Crippen LogP contribution in [-0.4, -0.2) is 27.8 Å². The summed E-state index contributed by atoms with van der Waals surface area (Å²) in [7, 11) is 0. The van der Waals surface area contributed by atoms with Gasteiger partial charge < -0.3 is 0 Å². The van der Waals surface area contributed by atoms with Crippen LogP contribution >= 0.6 is 0 Å². The van der Waals surface area contributed by atoms with Gasteiger partial charge >= 0.3 is 291 Å². The molecule has 6 aromatic carbocycles. The van der Waals surface area contributed by atoms with Gasteiger partial charge in [-0.15, -0.1) is 0 Å². The zero-order valence-corrected chi connectivity index (χ0v) is 30.2. The predicted octanol–water partition coefficient (Wildman–Crippen LogP) is 10.0. The molecule has 0 radical (unpaired) electrons. The topological polar surface area (TPSA) is 30.7 Å². The molecule has 0 spiro atoms. The van der Waals surface area contributed by atoms with Crippen LogP contribution < -0.4 is 8.79 Å². The molecular weight excluding hydrogens is 655 g/mol. The van der Waals surface area contributed by atoms with E-state index in [0.717, 1.165) is 28.3 Å². The minimum absolute atomic E-state index is 0.129. The van der Waals surface area contributed by atoms with E-state index in [-0.39, 0.29) is 5.41 Å². The molecule has 1 aliphatic heterocycles. The molecule has 2 aliphatic rings. The third-order valence-electron chi connectivity index (χ3n) is 11.2. The number of nitrogens with zero attached hydrogens (tertiary/aromatic N) is 3. The summed E-state index contributed by atoms with van der Waals surface area (Å²) in [6.45, 7) is 4.79. The van der Waals surface area contributed by atoms with Crippen molar-refractivity contribution >= 4 is 43.9 Å². The third-order valence-corrected chi connectivity index (χ3v) is 18.5. The van der Waals surface area contributed by atoms with E-state index < -0.39 is 13.3 Å². The predicted molar refractivity (Wildman–Crippen MR) is 207 cm³/mol. The summed E-state index contributed by atoms with van der Waals surface area (Å²) < 4.78 is 5.39. The Morgan fingerprint density at radius 1 is 0.571 bits per heavy atom. The van der Waals surface area contributed by atoms with Gasteiger partial charge in [0.1, 0.15) is 0 Å². The van der Waals surface area contributed by atoms with E-state index in [2.05, 4.69) is 163 Å². The Labute approximate surface area is 289 Å². The van der Waals surface area contributed by atoms with Crippen molar-refractivity contribution in [3.63, 3.8) is 0 Å². The van der Waals surface area contributed by atoms with Gasteiger partial charge in [0.05, 0.1) is 0 Å². The van der Waals surface area contributed by atoms with E-state index in [1.807, 2.05) is 6.07 Å². The molecule has 8 aromatic rings. The van der Waals surface area contributed by atoms with Crippen LogP contribution in [0.2, 0.25) is 11.5 Å². The summed E-state index contributed by atoms with van der Waals surface area (Å²) in [5.41, 5.74) is 14.8. The zero-order chi connectivity index (χ0) is 33.1. The first-order valence-corrected chi connectivity index (χ1v) is 23.5. The second-order valence-corrected chi connectivity index (χ2v) is 23.6. The number of rotatable bonds is 3. The second kappa shape index (κ2) is 10.1. The molecule has 2 aromatic heterocycles. The van der Waals surface area contributed by atoms with E-state index in [4.69, 9.17) is 9.97 Å². The van der Waals surface area contributed by atoms with Crippen molar-refractivity contribution in [1.82, 2.24) is 14.5 Å². The number of aromatic nitrogens is 3. The molecule has 1 aliphatic carbocycles. The Bertz CT molecular complexity index is 2650. The van der Waals surface area contributed by atoms with E-state index in [9.17, 15) is 0 Å². The molecule has 49 heavy (non-hydrogen) atoms. The summed E-state index contributed by atoms with van der Waals surface area (Å²) >= 11 is -2.93. The average Bonchev–Trinajstić information content (AvgIpc) is 3.68. The van der Waals surface area contributed by atoms with Crippen molar-refractivity contribution in [1.29, 1.82) is 0 Å². The second-order valence-electron chi connectivity index (χ2n) is 14.6. The van der Waals surface area contributed by atoms with Gasteiger partial charge in [-0.05, 0) is 0 Å². The first kappa shape index (κ1) is 28.7. The minimum atomic E-state index is -2.93. The van der Waals surface area contributed by atoms with E-state index >= 15 is 0 Å². The molecule has 3 nitrogen and oxygen atoms in total. The molecule has 0 saturated heterocycles. The van der Waals surface area contributed by atoms with Crippen molar-refractivity contribution in [2.24, 2.45) is 0 Å². The van der Waals surface area contributed by atoms with Gasteiger partial charge in [-0.1, -0.05) is 0 Å². The monoisotopic (exact) mass is 691 g/mol. The molecule has 234 valence electrons. The Morgan fingerprint density at radius 3 is 2.02 bits per heavy atom. The van der Waals surface area contributed by atoms with Crippen LogP contribution in [0.15, 0.2) is 140 Å². The van der Waals surface area contributed by atoms with Crippen molar-refractivity contribution in [3.05, 3.63) is 151 Å². The number of hydrogen-bond donors (Lipinski definition) is 0. The van der Waals surface area contributed by atoms with Gasteiger partial charge in [-0.25, -0.2) is 0 Å². The number of hydrogen-bond acceptors (Lipinski definition) is 2. The molecule has 0 bridgehead atoms. The van der Waals surface area contributed by atoms with Crippen molar-refractivity contribution in [2.75, 3.05) is 0 Å². The fraction of sp³-hybridized carbons (Fsp3) is 0.111. The average molecular weight is 690 g/mol. The van der Waals surface area contributed by atoms with Crippen molar-refractivity contribution in [2.45, 2.75) is 30.8 Å². The normalized spacial score (nSPS) is 14.9. The number of fused-ring (bicyclic) bond motifs is 10. The SMILES string of the molecule is CC1(C)c2ccccc2-c2ccc3c4ccccc4n(-c4ccc5[c](c4)[Ge]([CH3])([CH3])[c]4c(-c6ccccc6)nc(-c6ccccc6)nc4-5)c3c21. The first-order chi connectivity index (χ1) is 23.8. The summed E-state index contributed by atoms with van der Waals surface area (Å²) in [5, 5.41) is 2.60. The summed E-state index contributed by atoms with van der Waals surface area (Å²) in [6, 6.07) is 50.9. The molecular formula is C45H35GeN3. The Morgan fingerprint density at radius 2 is 1.22 bits per heavy atom. The van der Waals surface area contributed by atoms with E-state index in [1.54, 1.807) is 0 Å². The van der Waals surface area contributed by atoms with Gasteiger partial charge in [-0.2, -0.15) is 0 Å². The van der Waals surface area contributed by atoms with Crippen LogP contribution in [-0.2, 0) is 5.41 Å². The molecule has 0 fully saturated rings.